The Kier molecular flexibility index (Phi) is 4.39. The highest BCUT2D eigenvalue weighted by Gasteiger charge is 2.28. The fourth-order valence-electron chi connectivity index (χ4n) is 1.87. The van der Waals surface area contributed by atoms with E-state index >= 15 is 0 Å². The number of imide groups is 1. The Morgan fingerprint density at radius 2 is 1.95 bits per heavy atom. The minimum atomic E-state index is -1.13. The van der Waals surface area contributed by atoms with Gasteiger partial charge in [-0.3, -0.25) is 14.5 Å². The summed E-state index contributed by atoms with van der Waals surface area (Å²) < 4.78 is 13.5. The number of carboxylic acids is 1. The molecule has 0 radical (unpaired) electrons. The number of carbonyl (C=O) groups excluding carboxylic acids is 2. The van der Waals surface area contributed by atoms with Gasteiger partial charge in [-0.1, -0.05) is 0 Å². The van der Waals surface area contributed by atoms with Crippen LogP contribution in [-0.2, 0) is 9.59 Å². The maximum absolute atomic E-state index is 13.5. The number of carbonyl (C=O) groups is 3. The Hall–Kier alpha value is -1.89. The number of thioether (sulfide) groups is 1. The quantitative estimate of drug-likeness (QED) is 0.662. The van der Waals surface area contributed by atoms with Crippen molar-refractivity contribution in [3.8, 4) is 0 Å². The lowest BCUT2D eigenvalue weighted by Gasteiger charge is -2.13. The molecule has 1 aliphatic rings. The van der Waals surface area contributed by atoms with Crippen molar-refractivity contribution in [2.24, 2.45) is 0 Å². The predicted octanol–water partition coefficient (Wildman–Crippen LogP) is 1.76. The van der Waals surface area contributed by atoms with Crippen molar-refractivity contribution < 1.29 is 23.9 Å². The van der Waals surface area contributed by atoms with Crippen molar-refractivity contribution in [3.05, 3.63) is 29.6 Å². The van der Waals surface area contributed by atoms with E-state index in [1.807, 2.05) is 0 Å². The molecule has 2 rings (SSSR count). The van der Waals surface area contributed by atoms with Gasteiger partial charge in [-0.15, -0.1) is 11.8 Å². The summed E-state index contributed by atoms with van der Waals surface area (Å²) in [5.74, 6) is -1.74. The molecule has 1 aromatic rings. The smallest absolute Gasteiger partial charge is 0.335 e. The highest BCUT2D eigenvalue weighted by atomic mass is 32.2. The van der Waals surface area contributed by atoms with Crippen LogP contribution in [-0.4, -0.2) is 40.1 Å². The van der Waals surface area contributed by atoms with E-state index in [2.05, 4.69) is 0 Å². The Morgan fingerprint density at radius 3 is 2.55 bits per heavy atom. The number of rotatable bonds is 5. The molecule has 0 saturated carbocycles. The summed E-state index contributed by atoms with van der Waals surface area (Å²) in [4.78, 5) is 34.9. The Morgan fingerprint density at radius 1 is 1.30 bits per heavy atom. The lowest BCUT2D eigenvalue weighted by atomic mass is 10.2. The van der Waals surface area contributed by atoms with Gasteiger partial charge in [0.05, 0.1) is 5.56 Å². The first-order valence-corrected chi connectivity index (χ1v) is 6.96. The number of amides is 2. The average molecular weight is 297 g/mol. The van der Waals surface area contributed by atoms with Crippen LogP contribution < -0.4 is 0 Å². The van der Waals surface area contributed by atoms with Crippen molar-refractivity contribution in [3.63, 3.8) is 0 Å². The molecule has 1 fully saturated rings. The average Bonchev–Trinajstić information content (AvgIpc) is 2.72. The van der Waals surface area contributed by atoms with Gasteiger partial charge in [0, 0.05) is 30.0 Å². The summed E-state index contributed by atoms with van der Waals surface area (Å²) in [7, 11) is 0. The van der Waals surface area contributed by atoms with Crippen molar-refractivity contribution >= 4 is 29.5 Å². The van der Waals surface area contributed by atoms with E-state index < -0.39 is 11.8 Å². The molecular formula is C13H12FNO4S. The summed E-state index contributed by atoms with van der Waals surface area (Å²) in [5.41, 5.74) is 0.00206. The standard InChI is InChI=1S/C13H12FNO4S/c14-9-2-1-8(13(18)19)7-10(9)20-6-5-15-11(16)3-4-12(15)17/h1-2,7H,3-6H2,(H,18,19). The zero-order valence-electron chi connectivity index (χ0n) is 10.5. The second-order valence-electron chi connectivity index (χ2n) is 4.24. The Labute approximate surface area is 118 Å². The lowest BCUT2D eigenvalue weighted by molar-refractivity contribution is -0.137. The summed E-state index contributed by atoms with van der Waals surface area (Å²) in [6.45, 7) is 0.207. The molecule has 5 nitrogen and oxygen atoms in total. The van der Waals surface area contributed by atoms with Gasteiger partial charge < -0.3 is 5.11 Å². The molecule has 2 amide bonds. The molecule has 106 valence electrons. The molecule has 0 unspecified atom stereocenters. The van der Waals surface area contributed by atoms with Gasteiger partial charge in [0.25, 0.3) is 0 Å². The summed E-state index contributed by atoms with van der Waals surface area (Å²) in [5, 5.41) is 8.84. The highest BCUT2D eigenvalue weighted by molar-refractivity contribution is 7.99. The number of carboxylic acid groups (broad SMARTS) is 1. The molecule has 1 N–H and O–H groups in total. The van der Waals surface area contributed by atoms with Gasteiger partial charge >= 0.3 is 5.97 Å². The third-order valence-electron chi connectivity index (χ3n) is 2.91. The molecule has 0 atom stereocenters. The third kappa shape index (κ3) is 3.16. The number of hydrogen-bond acceptors (Lipinski definition) is 4. The van der Waals surface area contributed by atoms with Crippen molar-refractivity contribution in [2.45, 2.75) is 17.7 Å². The molecule has 0 spiro atoms. The normalized spacial score (nSPS) is 14.9. The molecule has 20 heavy (non-hydrogen) atoms. The third-order valence-corrected chi connectivity index (χ3v) is 3.92. The van der Waals surface area contributed by atoms with Crippen LogP contribution in [0.2, 0.25) is 0 Å². The molecule has 0 aromatic heterocycles. The Balaban J connectivity index is 1.97. The molecule has 0 aliphatic carbocycles. The van der Waals surface area contributed by atoms with Crippen LogP contribution >= 0.6 is 11.8 Å². The van der Waals surface area contributed by atoms with Crippen LogP contribution in [0.5, 0.6) is 0 Å². The molecule has 1 aliphatic heterocycles. The van der Waals surface area contributed by atoms with E-state index in [0.29, 0.717) is 5.75 Å². The van der Waals surface area contributed by atoms with E-state index in [0.717, 1.165) is 22.7 Å². The van der Waals surface area contributed by atoms with Crippen LogP contribution in [0.1, 0.15) is 23.2 Å². The molecular weight excluding hydrogens is 285 g/mol. The lowest BCUT2D eigenvalue weighted by Crippen LogP contribution is -2.31. The van der Waals surface area contributed by atoms with Gasteiger partial charge in [-0.05, 0) is 18.2 Å². The number of hydrogen-bond donors (Lipinski definition) is 1. The zero-order valence-corrected chi connectivity index (χ0v) is 11.3. The highest BCUT2D eigenvalue weighted by Crippen LogP contribution is 2.24. The van der Waals surface area contributed by atoms with Crippen molar-refractivity contribution in [1.82, 2.24) is 4.90 Å². The van der Waals surface area contributed by atoms with Crippen LogP contribution in [0.3, 0.4) is 0 Å². The number of benzene rings is 1. The minimum Gasteiger partial charge on any atom is -0.478 e. The maximum Gasteiger partial charge on any atom is 0.335 e. The monoisotopic (exact) mass is 297 g/mol. The second-order valence-corrected chi connectivity index (χ2v) is 5.37. The largest absolute Gasteiger partial charge is 0.478 e. The molecule has 7 heteroatoms. The number of nitrogens with zero attached hydrogens (tertiary/aromatic N) is 1. The van der Waals surface area contributed by atoms with Gasteiger partial charge in [0.2, 0.25) is 11.8 Å². The first kappa shape index (κ1) is 14.5. The fourth-order valence-corrected chi connectivity index (χ4v) is 2.78. The SMILES string of the molecule is O=C(O)c1ccc(F)c(SCCN2C(=O)CCC2=O)c1. The number of halogens is 1. The van der Waals surface area contributed by atoms with Crippen LogP contribution in [0, 0.1) is 5.82 Å². The zero-order chi connectivity index (χ0) is 14.7. The number of likely N-dealkylation sites (tertiary alicyclic amines) is 1. The summed E-state index contributed by atoms with van der Waals surface area (Å²) in [6.07, 6.45) is 0.457. The maximum atomic E-state index is 13.5. The van der Waals surface area contributed by atoms with Crippen LogP contribution in [0.25, 0.3) is 0 Å². The van der Waals surface area contributed by atoms with E-state index in [1.54, 1.807) is 0 Å². The summed E-state index contributed by atoms with van der Waals surface area (Å²) in [6, 6.07) is 3.53. The van der Waals surface area contributed by atoms with Crippen molar-refractivity contribution in [2.75, 3.05) is 12.3 Å². The minimum absolute atomic E-state index is 0.00206. The van der Waals surface area contributed by atoms with Gasteiger partial charge in [-0.25, -0.2) is 9.18 Å². The molecule has 1 aromatic carbocycles. The molecule has 1 heterocycles. The van der Waals surface area contributed by atoms with E-state index in [9.17, 15) is 18.8 Å². The first-order chi connectivity index (χ1) is 9.49. The Bertz CT molecular complexity index is 559. The van der Waals surface area contributed by atoms with Gasteiger partial charge in [0.1, 0.15) is 5.82 Å². The topological polar surface area (TPSA) is 74.7 Å². The molecule has 0 bridgehead atoms. The van der Waals surface area contributed by atoms with E-state index in [4.69, 9.17) is 5.11 Å². The van der Waals surface area contributed by atoms with Crippen LogP contribution in [0.4, 0.5) is 4.39 Å². The van der Waals surface area contributed by atoms with Gasteiger partial charge in [-0.2, -0.15) is 0 Å². The van der Waals surface area contributed by atoms with E-state index in [-0.39, 0.29) is 41.7 Å². The molecule has 1 saturated heterocycles. The summed E-state index contributed by atoms with van der Waals surface area (Å²) >= 11 is 1.09. The second kappa shape index (κ2) is 6.04. The van der Waals surface area contributed by atoms with Crippen molar-refractivity contribution in [1.29, 1.82) is 0 Å². The van der Waals surface area contributed by atoms with E-state index in [1.165, 1.54) is 12.1 Å². The fraction of sp³-hybridized carbons (Fsp3) is 0.308. The van der Waals surface area contributed by atoms with Crippen LogP contribution in [0.15, 0.2) is 23.1 Å². The van der Waals surface area contributed by atoms with Gasteiger partial charge in [0.15, 0.2) is 0 Å². The number of aromatic carboxylic acids is 1. The first-order valence-electron chi connectivity index (χ1n) is 5.98. The predicted molar refractivity (Wildman–Crippen MR) is 70.0 cm³/mol.